The van der Waals surface area contributed by atoms with E-state index in [1.165, 1.54) is 25.3 Å². The van der Waals surface area contributed by atoms with Crippen molar-refractivity contribution in [3.63, 3.8) is 0 Å². The van der Waals surface area contributed by atoms with Crippen molar-refractivity contribution >= 4 is 11.7 Å². The van der Waals surface area contributed by atoms with E-state index in [0.29, 0.717) is 12.1 Å². The molecule has 0 aliphatic carbocycles. The molecule has 0 saturated heterocycles. The van der Waals surface area contributed by atoms with Crippen molar-refractivity contribution in [1.82, 2.24) is 0 Å². The Morgan fingerprint density at radius 2 is 2.32 bits per heavy atom. The molecular formula is C14H17FN2O2. The van der Waals surface area contributed by atoms with E-state index in [1.54, 1.807) is 6.07 Å². The Balaban J connectivity index is 2.84. The van der Waals surface area contributed by atoms with Crippen molar-refractivity contribution in [2.24, 2.45) is 0 Å². The first-order valence-corrected chi connectivity index (χ1v) is 6.16. The highest BCUT2D eigenvalue weighted by Gasteiger charge is 2.18. The van der Waals surface area contributed by atoms with Crippen LogP contribution in [0.15, 0.2) is 18.2 Å². The van der Waals surface area contributed by atoms with E-state index in [1.807, 2.05) is 6.92 Å². The highest BCUT2D eigenvalue weighted by molar-refractivity contribution is 5.79. The molecule has 0 heterocycles. The average Bonchev–Trinajstić information content (AvgIpc) is 2.44. The molecule has 1 aromatic carbocycles. The molecule has 1 N–H and O–H groups in total. The molecule has 1 rings (SSSR count). The quantitative estimate of drug-likeness (QED) is 0.802. The van der Waals surface area contributed by atoms with Crippen molar-refractivity contribution in [2.75, 3.05) is 12.4 Å². The number of unbranched alkanes of at least 4 members (excludes halogenated alkanes) is 1. The van der Waals surface area contributed by atoms with Gasteiger partial charge >= 0.3 is 5.97 Å². The van der Waals surface area contributed by atoms with E-state index in [-0.39, 0.29) is 11.5 Å². The number of methoxy groups -OCH3 is 1. The topological polar surface area (TPSA) is 62.1 Å². The minimum Gasteiger partial charge on any atom is -0.467 e. The van der Waals surface area contributed by atoms with Gasteiger partial charge in [-0.15, -0.1) is 0 Å². The lowest BCUT2D eigenvalue weighted by Gasteiger charge is -2.17. The van der Waals surface area contributed by atoms with Crippen LogP contribution in [0.3, 0.4) is 0 Å². The fourth-order valence-corrected chi connectivity index (χ4v) is 1.70. The van der Waals surface area contributed by atoms with Crippen LogP contribution in [0.25, 0.3) is 0 Å². The van der Waals surface area contributed by atoms with Crippen LogP contribution < -0.4 is 5.32 Å². The smallest absolute Gasteiger partial charge is 0.328 e. The number of halogens is 1. The molecule has 0 amide bonds. The van der Waals surface area contributed by atoms with E-state index in [4.69, 9.17) is 10.00 Å². The molecule has 4 nitrogen and oxygen atoms in total. The van der Waals surface area contributed by atoms with Crippen LogP contribution in [-0.4, -0.2) is 19.1 Å². The molecule has 0 aromatic heterocycles. The number of rotatable bonds is 6. The van der Waals surface area contributed by atoms with E-state index in [2.05, 4.69) is 5.32 Å². The first-order valence-electron chi connectivity index (χ1n) is 6.16. The Hall–Kier alpha value is -2.09. The molecule has 0 radical (unpaired) electrons. The monoisotopic (exact) mass is 264 g/mol. The number of nitrogens with one attached hydrogen (secondary N) is 1. The van der Waals surface area contributed by atoms with Gasteiger partial charge in [0.2, 0.25) is 0 Å². The zero-order valence-electron chi connectivity index (χ0n) is 11.1. The maximum Gasteiger partial charge on any atom is 0.328 e. The van der Waals surface area contributed by atoms with E-state index in [0.717, 1.165) is 12.8 Å². The minimum atomic E-state index is -0.573. The van der Waals surface area contributed by atoms with Crippen LogP contribution in [0, 0.1) is 17.1 Å². The highest BCUT2D eigenvalue weighted by atomic mass is 19.1. The molecule has 1 unspecified atom stereocenters. The Morgan fingerprint density at radius 3 is 2.89 bits per heavy atom. The summed E-state index contributed by atoms with van der Waals surface area (Å²) in [6.07, 6.45) is 2.46. The number of nitrogens with zero attached hydrogens (tertiary/aromatic N) is 1. The zero-order chi connectivity index (χ0) is 14.3. The van der Waals surface area contributed by atoms with E-state index >= 15 is 0 Å². The summed E-state index contributed by atoms with van der Waals surface area (Å²) in [4.78, 5) is 11.6. The molecule has 5 heteroatoms. The van der Waals surface area contributed by atoms with Gasteiger partial charge in [-0.3, -0.25) is 0 Å². The lowest BCUT2D eigenvalue weighted by Crippen LogP contribution is -2.30. The lowest BCUT2D eigenvalue weighted by molar-refractivity contribution is -0.141. The van der Waals surface area contributed by atoms with Crippen LogP contribution in [0.2, 0.25) is 0 Å². The summed E-state index contributed by atoms with van der Waals surface area (Å²) in [6, 6.07) is 5.37. The highest BCUT2D eigenvalue weighted by Crippen LogP contribution is 2.17. The van der Waals surface area contributed by atoms with Crippen LogP contribution in [-0.2, 0) is 9.53 Å². The van der Waals surface area contributed by atoms with Gasteiger partial charge in [0.15, 0.2) is 0 Å². The summed E-state index contributed by atoms with van der Waals surface area (Å²) in [7, 11) is 1.33. The average molecular weight is 264 g/mol. The number of esters is 1. The molecule has 0 bridgehead atoms. The van der Waals surface area contributed by atoms with Crippen molar-refractivity contribution in [1.29, 1.82) is 5.26 Å². The van der Waals surface area contributed by atoms with Crippen LogP contribution in [0.4, 0.5) is 10.1 Å². The molecule has 0 spiro atoms. The van der Waals surface area contributed by atoms with E-state index in [9.17, 15) is 9.18 Å². The maximum absolute atomic E-state index is 13.2. The molecular weight excluding hydrogens is 247 g/mol. The second-order valence-electron chi connectivity index (χ2n) is 4.17. The molecule has 0 aliphatic rings. The first kappa shape index (κ1) is 15.0. The van der Waals surface area contributed by atoms with Gasteiger partial charge in [0.1, 0.15) is 17.9 Å². The third-order valence-corrected chi connectivity index (χ3v) is 2.76. The normalized spacial score (nSPS) is 11.5. The number of benzene rings is 1. The first-order chi connectivity index (χ1) is 9.12. The van der Waals surface area contributed by atoms with Crippen molar-refractivity contribution in [3.8, 4) is 6.07 Å². The number of nitriles is 1. The Kier molecular flexibility index (Phi) is 5.80. The van der Waals surface area contributed by atoms with E-state index < -0.39 is 11.9 Å². The second kappa shape index (κ2) is 7.37. The summed E-state index contributed by atoms with van der Waals surface area (Å²) < 4.78 is 17.9. The Bertz CT molecular complexity index is 483. The zero-order valence-corrected chi connectivity index (χ0v) is 11.1. The largest absolute Gasteiger partial charge is 0.467 e. The molecule has 0 aliphatic heterocycles. The maximum atomic E-state index is 13.2. The third kappa shape index (κ3) is 4.25. The minimum absolute atomic E-state index is 0.0518. The molecule has 0 fully saturated rings. The fraction of sp³-hybridized carbons (Fsp3) is 0.429. The summed E-state index contributed by atoms with van der Waals surface area (Å²) in [5, 5.41) is 11.7. The molecule has 102 valence electrons. The standard InChI is InChI=1S/C14H17FN2O2/c1-3-4-5-13(14(18)19-2)17-11-6-7-12(15)10(8-11)9-16/h6-8,13,17H,3-5H2,1-2H3. The fourth-order valence-electron chi connectivity index (χ4n) is 1.70. The van der Waals surface area contributed by atoms with Crippen LogP contribution in [0.5, 0.6) is 0 Å². The van der Waals surface area contributed by atoms with Gasteiger partial charge in [-0.25, -0.2) is 9.18 Å². The summed E-state index contributed by atoms with van der Waals surface area (Å²) >= 11 is 0. The Labute approximate surface area is 112 Å². The van der Waals surface area contributed by atoms with Crippen molar-refractivity contribution in [2.45, 2.75) is 32.2 Å². The van der Waals surface area contributed by atoms with Gasteiger partial charge in [-0.2, -0.15) is 5.26 Å². The van der Waals surface area contributed by atoms with Gasteiger partial charge < -0.3 is 10.1 Å². The van der Waals surface area contributed by atoms with Gasteiger partial charge in [-0.05, 0) is 24.6 Å². The molecule has 1 aromatic rings. The predicted molar refractivity (Wildman–Crippen MR) is 70.1 cm³/mol. The van der Waals surface area contributed by atoms with Gasteiger partial charge in [-0.1, -0.05) is 19.8 Å². The summed E-state index contributed by atoms with van der Waals surface area (Å²) in [5.41, 5.74) is 0.480. The van der Waals surface area contributed by atoms with Crippen molar-refractivity contribution in [3.05, 3.63) is 29.6 Å². The molecule has 0 saturated carbocycles. The molecule has 1 atom stereocenters. The SMILES string of the molecule is CCCCC(Nc1ccc(F)c(C#N)c1)C(=O)OC. The van der Waals surface area contributed by atoms with Gasteiger partial charge in [0.25, 0.3) is 0 Å². The number of hydrogen-bond acceptors (Lipinski definition) is 4. The summed E-state index contributed by atoms with van der Waals surface area (Å²) in [5.74, 6) is -0.937. The predicted octanol–water partition coefficient (Wildman–Crippen LogP) is 2.84. The summed E-state index contributed by atoms with van der Waals surface area (Å²) in [6.45, 7) is 2.03. The number of carbonyl (C=O) groups excluding carboxylic acids is 1. The lowest BCUT2D eigenvalue weighted by atomic mass is 10.1. The van der Waals surface area contributed by atoms with Crippen LogP contribution >= 0.6 is 0 Å². The van der Waals surface area contributed by atoms with Gasteiger partial charge in [0.05, 0.1) is 12.7 Å². The molecule has 19 heavy (non-hydrogen) atoms. The third-order valence-electron chi connectivity index (χ3n) is 2.76. The number of carbonyl (C=O) groups is 1. The number of hydrogen-bond donors (Lipinski definition) is 1. The van der Waals surface area contributed by atoms with Gasteiger partial charge in [0, 0.05) is 5.69 Å². The second-order valence-corrected chi connectivity index (χ2v) is 4.17. The Morgan fingerprint density at radius 1 is 1.58 bits per heavy atom. The number of ether oxygens (including phenoxy) is 1. The van der Waals surface area contributed by atoms with Crippen LogP contribution in [0.1, 0.15) is 31.7 Å². The van der Waals surface area contributed by atoms with Crippen molar-refractivity contribution < 1.29 is 13.9 Å². The number of anilines is 1.